The molecule has 4 aromatic rings. The lowest BCUT2D eigenvalue weighted by molar-refractivity contribution is 0.331. The molecule has 6 nitrogen and oxygen atoms in total. The van der Waals surface area contributed by atoms with E-state index < -0.39 is 0 Å². The minimum atomic E-state index is 0.566. The molecule has 5 rings (SSSR count). The van der Waals surface area contributed by atoms with Crippen LogP contribution in [0.2, 0.25) is 0 Å². The number of aromatic nitrogens is 4. The summed E-state index contributed by atoms with van der Waals surface area (Å²) in [6.07, 6.45) is 13.8. The number of rotatable bonds is 5. The van der Waals surface area contributed by atoms with Gasteiger partial charge in [-0.3, -0.25) is 9.58 Å². The van der Waals surface area contributed by atoms with Gasteiger partial charge >= 0.3 is 0 Å². The van der Waals surface area contributed by atoms with E-state index >= 15 is 0 Å². The van der Waals surface area contributed by atoms with Crippen molar-refractivity contribution in [1.82, 2.24) is 24.6 Å². The van der Waals surface area contributed by atoms with Crippen molar-refractivity contribution >= 4 is 22.5 Å². The van der Waals surface area contributed by atoms with Crippen molar-refractivity contribution < 1.29 is 0 Å². The molecule has 1 aliphatic rings. The number of hydrogen-bond donors (Lipinski definition) is 1. The average molecular weight is 409 g/mol. The zero-order chi connectivity index (χ0) is 21.2. The molecule has 2 aromatic carbocycles. The highest BCUT2D eigenvalue weighted by molar-refractivity contribution is 5.81. The predicted octanol–water partition coefficient (Wildman–Crippen LogP) is 4.35. The first kappa shape index (κ1) is 19.3. The second kappa shape index (κ2) is 8.21. The third-order valence-corrected chi connectivity index (χ3v) is 5.64. The van der Waals surface area contributed by atoms with Gasteiger partial charge in [0, 0.05) is 48.2 Å². The Balaban J connectivity index is 1.48. The van der Waals surface area contributed by atoms with Crippen LogP contribution in [0, 0.1) is 12.3 Å². The van der Waals surface area contributed by atoms with Crippen LogP contribution in [0.4, 0.5) is 11.6 Å². The molecule has 1 N–H and O–H groups in total. The number of anilines is 2. The van der Waals surface area contributed by atoms with Gasteiger partial charge in [-0.25, -0.2) is 9.97 Å². The van der Waals surface area contributed by atoms with Crippen molar-refractivity contribution in [2.45, 2.75) is 19.4 Å². The molecular formula is C25H24N6. The van der Waals surface area contributed by atoms with Crippen molar-refractivity contribution in [3.8, 4) is 23.5 Å². The largest absolute Gasteiger partial charge is 0.324 e. The summed E-state index contributed by atoms with van der Waals surface area (Å²) >= 11 is 0. The minimum Gasteiger partial charge on any atom is -0.324 e. The van der Waals surface area contributed by atoms with E-state index in [-0.39, 0.29) is 0 Å². The Hall–Kier alpha value is -3.69. The summed E-state index contributed by atoms with van der Waals surface area (Å²) in [5.74, 6) is 3.22. The van der Waals surface area contributed by atoms with Gasteiger partial charge in [0.1, 0.15) is 0 Å². The van der Waals surface area contributed by atoms with Gasteiger partial charge in [-0.1, -0.05) is 5.92 Å². The van der Waals surface area contributed by atoms with Gasteiger partial charge in [0.15, 0.2) is 0 Å². The van der Waals surface area contributed by atoms with Crippen LogP contribution in [0.1, 0.15) is 24.0 Å². The van der Waals surface area contributed by atoms with E-state index in [1.807, 2.05) is 48.5 Å². The van der Waals surface area contributed by atoms with Gasteiger partial charge in [0.2, 0.25) is 5.95 Å². The summed E-state index contributed by atoms with van der Waals surface area (Å²) in [7, 11) is 1.94. The zero-order valence-corrected chi connectivity index (χ0v) is 17.5. The molecule has 0 saturated carbocycles. The highest BCUT2D eigenvalue weighted by Crippen LogP contribution is 2.28. The van der Waals surface area contributed by atoms with Gasteiger partial charge in [-0.15, -0.1) is 6.42 Å². The Morgan fingerprint density at radius 1 is 1.06 bits per heavy atom. The molecule has 3 heterocycles. The molecule has 0 radical (unpaired) electrons. The third kappa shape index (κ3) is 4.27. The second-order valence-electron chi connectivity index (χ2n) is 8.04. The summed E-state index contributed by atoms with van der Waals surface area (Å²) in [5.41, 5.74) is 6.15. The van der Waals surface area contributed by atoms with Gasteiger partial charge in [-0.2, -0.15) is 5.10 Å². The number of nitrogens with zero attached hydrogens (tertiary/aromatic N) is 5. The summed E-state index contributed by atoms with van der Waals surface area (Å²) in [6, 6.07) is 12.3. The Kier molecular flexibility index (Phi) is 5.11. The Bertz CT molecular complexity index is 1280. The standard InChI is InChI=1S/C25H24N6/c1-3-18-6-7-24-21(10-18)14-26-25(29-24)28-23-12-19(16-31-8-4-5-9-31)11-20(13-23)22-15-27-30(2)17-22/h1,6-7,10-15,17H,4-5,8-9,16H2,2H3,(H,26,28,29). The van der Waals surface area contributed by atoms with Crippen molar-refractivity contribution in [3.63, 3.8) is 0 Å². The summed E-state index contributed by atoms with van der Waals surface area (Å²) < 4.78 is 1.83. The predicted molar refractivity (Wildman–Crippen MR) is 124 cm³/mol. The topological polar surface area (TPSA) is 58.9 Å². The number of terminal acetylenes is 1. The van der Waals surface area contributed by atoms with Crippen molar-refractivity contribution in [1.29, 1.82) is 0 Å². The lowest BCUT2D eigenvalue weighted by Crippen LogP contribution is -2.18. The molecule has 1 saturated heterocycles. The van der Waals surface area contributed by atoms with Crippen LogP contribution < -0.4 is 5.32 Å². The zero-order valence-electron chi connectivity index (χ0n) is 17.5. The number of benzene rings is 2. The number of likely N-dealkylation sites (tertiary alicyclic amines) is 1. The van der Waals surface area contributed by atoms with Crippen molar-refractivity contribution in [2.75, 3.05) is 18.4 Å². The summed E-state index contributed by atoms with van der Waals surface area (Å²) in [6.45, 7) is 3.26. The van der Waals surface area contributed by atoms with E-state index in [4.69, 9.17) is 6.42 Å². The third-order valence-electron chi connectivity index (χ3n) is 5.64. The molecule has 0 atom stereocenters. The van der Waals surface area contributed by atoms with Crippen LogP contribution in [0.25, 0.3) is 22.0 Å². The summed E-state index contributed by atoms with van der Waals surface area (Å²) in [5, 5.41) is 8.66. The molecule has 0 unspecified atom stereocenters. The molecular weight excluding hydrogens is 384 g/mol. The number of fused-ring (bicyclic) bond motifs is 1. The molecule has 0 bridgehead atoms. The lowest BCUT2D eigenvalue weighted by Gasteiger charge is -2.17. The Morgan fingerprint density at radius 3 is 2.71 bits per heavy atom. The van der Waals surface area contributed by atoms with Crippen LogP contribution >= 0.6 is 0 Å². The quantitative estimate of drug-likeness (QED) is 0.498. The average Bonchev–Trinajstić information content (AvgIpc) is 3.45. The lowest BCUT2D eigenvalue weighted by atomic mass is 10.0. The van der Waals surface area contributed by atoms with Crippen molar-refractivity contribution in [3.05, 3.63) is 66.1 Å². The van der Waals surface area contributed by atoms with E-state index in [0.29, 0.717) is 5.95 Å². The molecule has 0 aliphatic carbocycles. The first-order valence-electron chi connectivity index (χ1n) is 10.5. The molecule has 1 aliphatic heterocycles. The first-order valence-corrected chi connectivity index (χ1v) is 10.5. The van der Waals surface area contributed by atoms with Crippen LogP contribution in [0.5, 0.6) is 0 Å². The fraction of sp³-hybridized carbons (Fsp3) is 0.240. The maximum absolute atomic E-state index is 5.50. The maximum atomic E-state index is 5.50. The van der Waals surface area contributed by atoms with Gasteiger partial charge in [-0.05, 0) is 73.5 Å². The SMILES string of the molecule is C#Cc1ccc2nc(Nc3cc(CN4CCCC4)cc(-c4cnn(C)c4)c3)ncc2c1. The highest BCUT2D eigenvalue weighted by atomic mass is 15.2. The Labute approximate surface area is 181 Å². The van der Waals surface area contributed by atoms with Crippen molar-refractivity contribution in [2.24, 2.45) is 7.05 Å². The second-order valence-corrected chi connectivity index (χ2v) is 8.04. The van der Waals surface area contributed by atoms with Crippen LogP contribution in [0.3, 0.4) is 0 Å². The molecule has 0 spiro atoms. The molecule has 31 heavy (non-hydrogen) atoms. The minimum absolute atomic E-state index is 0.566. The normalized spacial score (nSPS) is 14.1. The fourth-order valence-electron chi connectivity index (χ4n) is 4.10. The number of hydrogen-bond acceptors (Lipinski definition) is 5. The number of aryl methyl sites for hydroxylation is 1. The van der Waals surface area contributed by atoms with E-state index in [2.05, 4.69) is 49.4 Å². The van der Waals surface area contributed by atoms with E-state index in [1.165, 1.54) is 18.4 Å². The van der Waals surface area contributed by atoms with E-state index in [9.17, 15) is 0 Å². The molecule has 0 amide bonds. The molecule has 2 aromatic heterocycles. The molecule has 154 valence electrons. The maximum Gasteiger partial charge on any atom is 0.227 e. The fourth-order valence-corrected chi connectivity index (χ4v) is 4.10. The van der Waals surface area contributed by atoms with Crippen LogP contribution in [-0.2, 0) is 13.6 Å². The highest BCUT2D eigenvalue weighted by Gasteiger charge is 2.14. The van der Waals surface area contributed by atoms with Gasteiger partial charge in [0.25, 0.3) is 0 Å². The smallest absolute Gasteiger partial charge is 0.227 e. The van der Waals surface area contributed by atoms with E-state index in [0.717, 1.165) is 52.9 Å². The first-order chi connectivity index (χ1) is 15.2. The monoisotopic (exact) mass is 408 g/mol. The number of nitrogens with one attached hydrogen (secondary N) is 1. The molecule has 6 heteroatoms. The van der Waals surface area contributed by atoms with Crippen LogP contribution in [0.15, 0.2) is 55.0 Å². The van der Waals surface area contributed by atoms with Crippen LogP contribution in [-0.4, -0.2) is 37.7 Å². The van der Waals surface area contributed by atoms with Gasteiger partial charge < -0.3 is 5.32 Å². The van der Waals surface area contributed by atoms with Gasteiger partial charge in [0.05, 0.1) is 11.7 Å². The Morgan fingerprint density at radius 2 is 1.94 bits per heavy atom. The molecule has 1 fully saturated rings. The van der Waals surface area contributed by atoms with E-state index in [1.54, 1.807) is 0 Å². The summed E-state index contributed by atoms with van der Waals surface area (Å²) in [4.78, 5) is 11.7.